The third kappa shape index (κ3) is 5.66. The summed E-state index contributed by atoms with van der Waals surface area (Å²) in [6, 6.07) is 0. The zero-order valence-corrected chi connectivity index (χ0v) is 11.3. The lowest BCUT2D eigenvalue weighted by Crippen LogP contribution is -2.35. The van der Waals surface area contributed by atoms with E-state index in [0.29, 0.717) is 0 Å². The van der Waals surface area contributed by atoms with Gasteiger partial charge in [-0.3, -0.25) is 9.59 Å². The van der Waals surface area contributed by atoms with Gasteiger partial charge in [0.05, 0.1) is 11.8 Å². The van der Waals surface area contributed by atoms with Crippen LogP contribution in [0.15, 0.2) is 25.3 Å². The summed E-state index contributed by atoms with van der Waals surface area (Å²) in [4.78, 5) is 23.2. The van der Waals surface area contributed by atoms with Crippen molar-refractivity contribution in [2.75, 3.05) is 0 Å². The van der Waals surface area contributed by atoms with Gasteiger partial charge in [-0.15, -0.1) is 13.2 Å². The third-order valence-corrected chi connectivity index (χ3v) is 2.35. The maximum Gasteiger partial charge on any atom is 0.310 e. The number of allylic oxidation sites excluding steroid dienone is 2. The highest BCUT2D eigenvalue weighted by atomic mass is 16.6. The molecule has 0 rings (SSSR count). The molecule has 0 spiro atoms. The first kappa shape index (κ1) is 16.4. The van der Waals surface area contributed by atoms with E-state index >= 15 is 0 Å². The van der Waals surface area contributed by atoms with Gasteiger partial charge in [-0.1, -0.05) is 12.2 Å². The van der Waals surface area contributed by atoms with Gasteiger partial charge in [-0.05, 0) is 33.6 Å². The van der Waals surface area contributed by atoms with E-state index in [1.54, 1.807) is 20.8 Å². The van der Waals surface area contributed by atoms with E-state index in [1.165, 1.54) is 12.2 Å². The van der Waals surface area contributed by atoms with Crippen LogP contribution in [0.25, 0.3) is 0 Å². The molecule has 0 aromatic heterocycles. The summed E-state index contributed by atoms with van der Waals surface area (Å²) in [5, 5.41) is 9.16. The van der Waals surface area contributed by atoms with Crippen LogP contribution in [0.1, 0.15) is 33.6 Å². The molecule has 102 valence electrons. The lowest BCUT2D eigenvalue weighted by Gasteiger charge is -2.26. The zero-order chi connectivity index (χ0) is 14.3. The average Bonchev–Trinajstić information content (AvgIpc) is 2.20. The SMILES string of the molecule is C=CC[C@@H](C(=O)O)[C@@H](CC=C)C(=O)OC(C)(C)C. The van der Waals surface area contributed by atoms with E-state index in [4.69, 9.17) is 9.84 Å². The predicted octanol–water partition coefficient (Wildman–Crippen LogP) is 2.80. The van der Waals surface area contributed by atoms with Crippen LogP contribution in [0.4, 0.5) is 0 Å². The van der Waals surface area contributed by atoms with Crippen molar-refractivity contribution in [1.29, 1.82) is 0 Å². The number of rotatable bonds is 7. The molecule has 4 nitrogen and oxygen atoms in total. The van der Waals surface area contributed by atoms with Gasteiger partial charge in [0.1, 0.15) is 5.60 Å². The average molecular weight is 254 g/mol. The highest BCUT2D eigenvalue weighted by Crippen LogP contribution is 2.24. The molecule has 0 aliphatic rings. The monoisotopic (exact) mass is 254 g/mol. The summed E-state index contributed by atoms with van der Waals surface area (Å²) < 4.78 is 5.25. The molecule has 0 aromatic rings. The number of hydrogen-bond acceptors (Lipinski definition) is 3. The van der Waals surface area contributed by atoms with Crippen LogP contribution in [-0.2, 0) is 14.3 Å². The largest absolute Gasteiger partial charge is 0.481 e. The number of hydrogen-bond donors (Lipinski definition) is 1. The van der Waals surface area contributed by atoms with E-state index in [-0.39, 0.29) is 12.8 Å². The minimum atomic E-state index is -1.02. The zero-order valence-electron chi connectivity index (χ0n) is 11.3. The molecule has 0 bridgehead atoms. The van der Waals surface area contributed by atoms with Gasteiger partial charge in [0, 0.05) is 0 Å². The molecule has 1 N–H and O–H groups in total. The fourth-order valence-corrected chi connectivity index (χ4v) is 1.60. The van der Waals surface area contributed by atoms with Gasteiger partial charge in [0.2, 0.25) is 0 Å². The molecule has 0 saturated carbocycles. The number of esters is 1. The second-order valence-corrected chi connectivity index (χ2v) is 5.13. The Morgan fingerprint density at radius 1 is 1.17 bits per heavy atom. The lowest BCUT2D eigenvalue weighted by atomic mass is 9.86. The molecular weight excluding hydrogens is 232 g/mol. The third-order valence-electron chi connectivity index (χ3n) is 2.35. The van der Waals surface area contributed by atoms with Crippen LogP contribution in [0.3, 0.4) is 0 Å². The second-order valence-electron chi connectivity index (χ2n) is 5.13. The van der Waals surface area contributed by atoms with Crippen molar-refractivity contribution in [3.63, 3.8) is 0 Å². The maximum absolute atomic E-state index is 12.0. The Morgan fingerprint density at radius 2 is 1.61 bits per heavy atom. The van der Waals surface area contributed by atoms with Gasteiger partial charge in [0.25, 0.3) is 0 Å². The molecule has 0 aromatic carbocycles. The Balaban J connectivity index is 5.01. The van der Waals surface area contributed by atoms with Crippen molar-refractivity contribution in [2.45, 2.75) is 39.2 Å². The van der Waals surface area contributed by atoms with Gasteiger partial charge < -0.3 is 9.84 Å². The molecule has 0 unspecified atom stereocenters. The minimum Gasteiger partial charge on any atom is -0.481 e. The fourth-order valence-electron chi connectivity index (χ4n) is 1.60. The van der Waals surface area contributed by atoms with Crippen molar-refractivity contribution in [3.05, 3.63) is 25.3 Å². The summed E-state index contributed by atoms with van der Waals surface area (Å²) in [5.74, 6) is -3.07. The van der Waals surface area contributed by atoms with Crippen LogP contribution in [-0.4, -0.2) is 22.6 Å². The van der Waals surface area contributed by atoms with Gasteiger partial charge in [-0.25, -0.2) is 0 Å². The van der Waals surface area contributed by atoms with E-state index in [9.17, 15) is 9.59 Å². The first-order valence-corrected chi connectivity index (χ1v) is 5.90. The highest BCUT2D eigenvalue weighted by molar-refractivity contribution is 5.81. The molecule has 0 aliphatic heterocycles. The Labute approximate surface area is 108 Å². The Morgan fingerprint density at radius 3 is 1.94 bits per heavy atom. The van der Waals surface area contributed by atoms with Gasteiger partial charge in [0.15, 0.2) is 0 Å². The molecule has 0 heterocycles. The van der Waals surface area contributed by atoms with Crippen molar-refractivity contribution < 1.29 is 19.4 Å². The van der Waals surface area contributed by atoms with E-state index < -0.39 is 29.4 Å². The molecule has 0 amide bonds. The standard InChI is InChI=1S/C14H22O4/c1-6-8-10(12(15)16)11(9-7-2)13(17)18-14(3,4)5/h6-7,10-11H,1-2,8-9H2,3-5H3,(H,15,16)/t10-,11-/m1/s1. The molecule has 18 heavy (non-hydrogen) atoms. The van der Waals surface area contributed by atoms with E-state index in [2.05, 4.69) is 13.2 Å². The Kier molecular flexibility index (Phi) is 6.37. The first-order valence-electron chi connectivity index (χ1n) is 5.90. The van der Waals surface area contributed by atoms with Gasteiger partial charge >= 0.3 is 11.9 Å². The van der Waals surface area contributed by atoms with Crippen LogP contribution < -0.4 is 0 Å². The maximum atomic E-state index is 12.0. The second kappa shape index (κ2) is 6.99. The first-order chi connectivity index (χ1) is 8.22. The predicted molar refractivity (Wildman–Crippen MR) is 70.1 cm³/mol. The topological polar surface area (TPSA) is 63.6 Å². The molecule has 2 atom stereocenters. The van der Waals surface area contributed by atoms with Crippen molar-refractivity contribution in [3.8, 4) is 0 Å². The molecule has 0 saturated heterocycles. The van der Waals surface area contributed by atoms with E-state index in [0.717, 1.165) is 0 Å². The number of ether oxygens (including phenoxy) is 1. The van der Waals surface area contributed by atoms with Crippen LogP contribution in [0.5, 0.6) is 0 Å². The molecular formula is C14H22O4. The van der Waals surface area contributed by atoms with Crippen molar-refractivity contribution in [2.24, 2.45) is 11.8 Å². The summed E-state index contributed by atoms with van der Waals surface area (Å²) >= 11 is 0. The van der Waals surface area contributed by atoms with E-state index in [1.807, 2.05) is 0 Å². The Bertz CT molecular complexity index is 325. The van der Waals surface area contributed by atoms with Crippen molar-refractivity contribution >= 4 is 11.9 Å². The number of carbonyl (C=O) groups is 2. The summed E-state index contributed by atoms with van der Waals surface area (Å²) in [6.07, 6.45) is 3.54. The van der Waals surface area contributed by atoms with Crippen molar-refractivity contribution in [1.82, 2.24) is 0 Å². The smallest absolute Gasteiger partial charge is 0.310 e. The van der Waals surface area contributed by atoms with Crippen LogP contribution >= 0.6 is 0 Å². The molecule has 0 aliphatic carbocycles. The molecule has 4 heteroatoms. The van der Waals surface area contributed by atoms with Crippen LogP contribution in [0, 0.1) is 11.8 Å². The number of carbonyl (C=O) groups excluding carboxylic acids is 1. The summed E-state index contributed by atoms with van der Waals surface area (Å²) in [5.41, 5.74) is -0.631. The van der Waals surface area contributed by atoms with Crippen LogP contribution in [0.2, 0.25) is 0 Å². The molecule has 0 radical (unpaired) electrons. The quantitative estimate of drug-likeness (QED) is 0.560. The lowest BCUT2D eigenvalue weighted by molar-refractivity contribution is -0.166. The number of aliphatic carboxylic acids is 1. The molecule has 0 fully saturated rings. The number of carboxylic acid groups (broad SMARTS) is 1. The number of carboxylic acids is 1. The highest BCUT2D eigenvalue weighted by Gasteiger charge is 2.34. The minimum absolute atomic E-state index is 0.229. The Hall–Kier alpha value is -1.58. The van der Waals surface area contributed by atoms with Gasteiger partial charge in [-0.2, -0.15) is 0 Å². The summed E-state index contributed by atoms with van der Waals surface area (Å²) in [7, 11) is 0. The summed E-state index contributed by atoms with van der Waals surface area (Å²) in [6.45, 7) is 12.3. The normalized spacial score (nSPS) is 14.4. The fraction of sp³-hybridized carbons (Fsp3) is 0.571.